The van der Waals surface area contributed by atoms with Crippen LogP contribution in [0.15, 0.2) is 54.6 Å². The molecule has 2 aromatic carbocycles. The maximum absolute atomic E-state index is 14.3. The maximum atomic E-state index is 14.3. The van der Waals surface area contributed by atoms with Crippen molar-refractivity contribution in [3.63, 3.8) is 0 Å². The van der Waals surface area contributed by atoms with E-state index in [9.17, 15) is 4.39 Å². The van der Waals surface area contributed by atoms with Crippen molar-refractivity contribution in [1.82, 2.24) is 19.6 Å². The summed E-state index contributed by atoms with van der Waals surface area (Å²) >= 11 is 11.9. The Morgan fingerprint density at radius 2 is 1.73 bits per heavy atom. The first kappa shape index (κ1) is 16.9. The Bertz CT molecular complexity index is 1090. The van der Waals surface area contributed by atoms with E-state index in [0.717, 1.165) is 11.1 Å². The monoisotopic (exact) mass is 386 g/mol. The van der Waals surface area contributed by atoms with E-state index in [0.29, 0.717) is 22.7 Å². The summed E-state index contributed by atoms with van der Waals surface area (Å²) in [7, 11) is 0. The molecule has 4 nitrogen and oxygen atoms in total. The van der Waals surface area contributed by atoms with E-state index in [-0.39, 0.29) is 5.82 Å². The number of fused-ring (bicyclic) bond motifs is 1. The molecule has 0 aliphatic rings. The van der Waals surface area contributed by atoms with Crippen molar-refractivity contribution in [1.29, 1.82) is 0 Å². The number of benzene rings is 2. The molecule has 0 bridgehead atoms. The summed E-state index contributed by atoms with van der Waals surface area (Å²) in [5, 5.41) is 4.57. The minimum atomic E-state index is -0.928. The van der Waals surface area contributed by atoms with Crippen LogP contribution >= 0.6 is 23.2 Å². The van der Waals surface area contributed by atoms with Crippen molar-refractivity contribution in [2.75, 3.05) is 0 Å². The molecule has 2 aromatic heterocycles. The minimum Gasteiger partial charge on any atom is -0.211 e. The van der Waals surface area contributed by atoms with E-state index in [4.69, 9.17) is 23.2 Å². The second-order valence-electron chi connectivity index (χ2n) is 5.85. The maximum Gasteiger partial charge on any atom is 0.168 e. The average molecular weight is 387 g/mol. The van der Waals surface area contributed by atoms with Gasteiger partial charge < -0.3 is 0 Å². The van der Waals surface area contributed by atoms with Gasteiger partial charge in [0.05, 0.1) is 11.3 Å². The molecule has 4 rings (SSSR count). The van der Waals surface area contributed by atoms with E-state index < -0.39 is 10.7 Å². The van der Waals surface area contributed by atoms with Gasteiger partial charge in [-0.15, -0.1) is 0 Å². The molecule has 2 heterocycles. The summed E-state index contributed by atoms with van der Waals surface area (Å²) < 4.78 is 15.8. The van der Waals surface area contributed by atoms with Crippen molar-refractivity contribution in [3.05, 3.63) is 71.8 Å². The molecule has 0 aliphatic heterocycles. The van der Waals surface area contributed by atoms with Gasteiger partial charge in [-0.2, -0.15) is 9.61 Å². The number of rotatable bonds is 3. The summed E-state index contributed by atoms with van der Waals surface area (Å²) in [6, 6.07) is 16.1. The van der Waals surface area contributed by atoms with Crippen LogP contribution in [-0.2, 0) is 0 Å². The van der Waals surface area contributed by atoms with Gasteiger partial charge in [-0.05, 0) is 19.1 Å². The number of nitrogens with zero attached hydrogens (tertiary/aromatic N) is 4. The molecule has 0 N–H and O–H groups in total. The normalized spacial score (nSPS) is 11.4. The SMILES string of the molecule is Cc1ccc(-c2cc3nc(C(Cl)Cl)nc(-c4ccccc4F)n3n2)cc1. The fourth-order valence-corrected chi connectivity index (χ4v) is 2.88. The van der Waals surface area contributed by atoms with Crippen LogP contribution in [0.1, 0.15) is 16.2 Å². The number of alkyl halides is 2. The third kappa shape index (κ3) is 3.04. The topological polar surface area (TPSA) is 43.1 Å². The van der Waals surface area contributed by atoms with Gasteiger partial charge in [0.2, 0.25) is 0 Å². The summed E-state index contributed by atoms with van der Waals surface area (Å²) in [6.07, 6.45) is 0. The second-order valence-corrected chi connectivity index (χ2v) is 6.95. The van der Waals surface area contributed by atoms with Crippen LogP contribution in [0, 0.1) is 12.7 Å². The van der Waals surface area contributed by atoms with E-state index in [1.165, 1.54) is 10.6 Å². The summed E-state index contributed by atoms with van der Waals surface area (Å²) in [5.74, 6) is 0.0914. The first-order valence-corrected chi connectivity index (χ1v) is 8.78. The lowest BCUT2D eigenvalue weighted by Crippen LogP contribution is -2.05. The molecule has 26 heavy (non-hydrogen) atoms. The zero-order valence-electron chi connectivity index (χ0n) is 13.7. The van der Waals surface area contributed by atoms with Gasteiger partial charge in [0.15, 0.2) is 22.1 Å². The molecule has 7 heteroatoms. The molecule has 130 valence electrons. The van der Waals surface area contributed by atoms with Crippen molar-refractivity contribution in [2.24, 2.45) is 0 Å². The number of halogens is 3. The highest BCUT2D eigenvalue weighted by atomic mass is 35.5. The summed E-state index contributed by atoms with van der Waals surface area (Å²) in [6.45, 7) is 2.02. The molecular formula is C19H13Cl2FN4. The van der Waals surface area contributed by atoms with Crippen LogP contribution in [0.5, 0.6) is 0 Å². The first-order chi connectivity index (χ1) is 12.5. The van der Waals surface area contributed by atoms with Gasteiger partial charge in [0.25, 0.3) is 0 Å². The number of hydrogen-bond donors (Lipinski definition) is 0. The smallest absolute Gasteiger partial charge is 0.168 e. The van der Waals surface area contributed by atoms with Gasteiger partial charge in [0.1, 0.15) is 5.82 Å². The van der Waals surface area contributed by atoms with Crippen molar-refractivity contribution in [3.8, 4) is 22.6 Å². The van der Waals surface area contributed by atoms with Crippen molar-refractivity contribution in [2.45, 2.75) is 11.8 Å². The predicted octanol–water partition coefficient (Wildman–Crippen LogP) is 5.38. The molecule has 4 aromatic rings. The minimum absolute atomic E-state index is 0.203. The number of aryl methyl sites for hydroxylation is 1. The van der Waals surface area contributed by atoms with Gasteiger partial charge in [-0.25, -0.2) is 14.4 Å². The Morgan fingerprint density at radius 3 is 2.42 bits per heavy atom. The Hall–Kier alpha value is -2.50. The third-order valence-corrected chi connectivity index (χ3v) is 4.39. The molecule has 0 saturated heterocycles. The van der Waals surface area contributed by atoms with Gasteiger partial charge in [0, 0.05) is 11.6 Å². The predicted molar refractivity (Wildman–Crippen MR) is 101 cm³/mol. The van der Waals surface area contributed by atoms with Gasteiger partial charge in [-0.3, -0.25) is 0 Å². The molecule has 0 saturated carbocycles. The van der Waals surface area contributed by atoms with Crippen LogP contribution in [-0.4, -0.2) is 19.6 Å². The van der Waals surface area contributed by atoms with Crippen LogP contribution < -0.4 is 0 Å². The highest BCUT2D eigenvalue weighted by Gasteiger charge is 2.18. The Balaban J connectivity index is 1.97. The van der Waals surface area contributed by atoms with E-state index >= 15 is 0 Å². The standard InChI is InChI=1S/C19H13Cl2FN4/c1-11-6-8-12(9-7-11)15-10-16-23-18(17(20)21)24-19(26(16)25-15)13-4-2-3-5-14(13)22/h2-10,17H,1H3. The zero-order valence-corrected chi connectivity index (χ0v) is 15.2. The highest BCUT2D eigenvalue weighted by molar-refractivity contribution is 6.43. The Kier molecular flexibility index (Phi) is 4.34. The van der Waals surface area contributed by atoms with Crippen LogP contribution in [0.4, 0.5) is 4.39 Å². The molecule has 0 radical (unpaired) electrons. The first-order valence-electron chi connectivity index (χ1n) is 7.91. The fourth-order valence-electron chi connectivity index (χ4n) is 2.68. The second kappa shape index (κ2) is 6.67. The lowest BCUT2D eigenvalue weighted by atomic mass is 10.1. The Morgan fingerprint density at radius 1 is 1.00 bits per heavy atom. The van der Waals surface area contributed by atoms with Gasteiger partial charge in [-0.1, -0.05) is 65.2 Å². The third-order valence-electron chi connectivity index (χ3n) is 4.00. The van der Waals surface area contributed by atoms with E-state index in [1.807, 2.05) is 31.2 Å². The molecule has 0 atom stereocenters. The van der Waals surface area contributed by atoms with Crippen LogP contribution in [0.2, 0.25) is 0 Å². The molecule has 0 fully saturated rings. The molecule has 0 aliphatic carbocycles. The highest BCUT2D eigenvalue weighted by Crippen LogP contribution is 2.28. The number of aromatic nitrogens is 4. The summed E-state index contributed by atoms with van der Waals surface area (Å²) in [4.78, 5) is 7.77. The fraction of sp³-hybridized carbons (Fsp3) is 0.105. The molecule has 0 spiro atoms. The van der Waals surface area contributed by atoms with Crippen LogP contribution in [0.3, 0.4) is 0 Å². The molecule has 0 unspecified atom stereocenters. The average Bonchev–Trinajstić information content (AvgIpc) is 3.06. The lowest BCUT2D eigenvalue weighted by Gasteiger charge is -2.08. The van der Waals surface area contributed by atoms with E-state index in [1.54, 1.807) is 24.3 Å². The lowest BCUT2D eigenvalue weighted by molar-refractivity contribution is 0.628. The van der Waals surface area contributed by atoms with Gasteiger partial charge >= 0.3 is 0 Å². The number of hydrogen-bond acceptors (Lipinski definition) is 3. The van der Waals surface area contributed by atoms with E-state index in [2.05, 4.69) is 15.1 Å². The quantitative estimate of drug-likeness (QED) is 0.443. The zero-order chi connectivity index (χ0) is 18.3. The molecular weight excluding hydrogens is 374 g/mol. The van der Waals surface area contributed by atoms with Crippen molar-refractivity contribution < 1.29 is 4.39 Å². The van der Waals surface area contributed by atoms with Crippen molar-refractivity contribution >= 4 is 28.8 Å². The van der Waals surface area contributed by atoms with Crippen LogP contribution in [0.25, 0.3) is 28.3 Å². The Labute approximate surface area is 159 Å². The molecule has 0 amide bonds. The largest absolute Gasteiger partial charge is 0.211 e. The summed E-state index contributed by atoms with van der Waals surface area (Å²) in [5.41, 5.74) is 3.58.